The molecule has 0 fully saturated rings. The quantitative estimate of drug-likeness (QED) is 0.780. The highest BCUT2D eigenvalue weighted by atomic mass is 16.2. The zero-order valence-corrected chi connectivity index (χ0v) is 13.6. The van der Waals surface area contributed by atoms with E-state index in [0.717, 1.165) is 24.2 Å². The second kappa shape index (κ2) is 6.20. The van der Waals surface area contributed by atoms with Gasteiger partial charge in [0, 0.05) is 38.7 Å². The maximum atomic E-state index is 12.7. The molecule has 1 amide bonds. The van der Waals surface area contributed by atoms with Gasteiger partial charge in [-0.25, -0.2) is 15.0 Å². The second-order valence-electron chi connectivity index (χ2n) is 5.61. The molecule has 0 aliphatic heterocycles. The van der Waals surface area contributed by atoms with Crippen LogP contribution < -0.4 is 0 Å². The average Bonchev–Trinajstić information content (AvgIpc) is 3.14. The zero-order chi connectivity index (χ0) is 16.4. The number of H-pyrrole nitrogens is 1. The van der Waals surface area contributed by atoms with Crippen molar-refractivity contribution in [2.45, 2.75) is 26.8 Å². The molecule has 7 heteroatoms. The van der Waals surface area contributed by atoms with Crippen molar-refractivity contribution in [1.29, 1.82) is 0 Å². The van der Waals surface area contributed by atoms with E-state index >= 15 is 0 Å². The number of amides is 1. The van der Waals surface area contributed by atoms with Gasteiger partial charge in [-0.1, -0.05) is 0 Å². The van der Waals surface area contributed by atoms with Gasteiger partial charge in [0.05, 0.1) is 5.39 Å². The third kappa shape index (κ3) is 3.08. The highest BCUT2D eigenvalue weighted by molar-refractivity contribution is 6.03. The topological polar surface area (TPSA) is 79.7 Å². The number of hydrogen-bond donors (Lipinski definition) is 1. The van der Waals surface area contributed by atoms with Crippen LogP contribution in [0.2, 0.25) is 0 Å². The summed E-state index contributed by atoms with van der Waals surface area (Å²) in [7, 11) is 1.80. The molecule has 1 N–H and O–H groups in total. The van der Waals surface area contributed by atoms with Crippen LogP contribution in [0.3, 0.4) is 0 Å². The van der Waals surface area contributed by atoms with E-state index in [4.69, 9.17) is 0 Å². The third-order valence-corrected chi connectivity index (χ3v) is 3.89. The molecule has 3 aromatic rings. The summed E-state index contributed by atoms with van der Waals surface area (Å²) in [5.74, 6) is 1.49. The molecule has 0 saturated carbocycles. The average molecular weight is 312 g/mol. The van der Waals surface area contributed by atoms with Gasteiger partial charge in [-0.2, -0.15) is 0 Å². The van der Waals surface area contributed by atoms with Crippen LogP contribution >= 0.6 is 0 Å². The van der Waals surface area contributed by atoms with Gasteiger partial charge >= 0.3 is 0 Å². The fourth-order valence-electron chi connectivity index (χ4n) is 2.62. The molecular formula is C16H20N6O. The number of rotatable bonds is 5. The molecule has 0 unspecified atom stereocenters. The molecule has 3 heterocycles. The molecule has 0 atom stereocenters. The van der Waals surface area contributed by atoms with Gasteiger partial charge in [-0.3, -0.25) is 4.79 Å². The van der Waals surface area contributed by atoms with Crippen molar-refractivity contribution in [3.63, 3.8) is 0 Å². The number of aromatic nitrogens is 5. The lowest BCUT2D eigenvalue weighted by molar-refractivity contribution is 0.0788. The predicted octanol–water partition coefficient (Wildman–Crippen LogP) is 1.93. The predicted molar refractivity (Wildman–Crippen MR) is 87.2 cm³/mol. The fraction of sp³-hybridized carbons (Fsp3) is 0.375. The normalized spacial score (nSPS) is 11.1. The maximum Gasteiger partial charge on any atom is 0.273 e. The monoisotopic (exact) mass is 312 g/mol. The van der Waals surface area contributed by atoms with Gasteiger partial charge < -0.3 is 14.5 Å². The van der Waals surface area contributed by atoms with Crippen LogP contribution in [-0.2, 0) is 6.54 Å². The third-order valence-electron chi connectivity index (χ3n) is 3.89. The Bertz CT molecular complexity index is 834. The first-order chi connectivity index (χ1) is 11.1. The van der Waals surface area contributed by atoms with Crippen LogP contribution in [-0.4, -0.2) is 48.9 Å². The Balaban J connectivity index is 1.69. The molecule has 23 heavy (non-hydrogen) atoms. The smallest absolute Gasteiger partial charge is 0.273 e. The standard InChI is InChI=1S/C16H20N6O/c1-11-19-14(13-5-6-18-15(13)20-11)16(23)21(3)8-4-9-22-10-7-17-12(22)2/h5-7,10H,4,8-9H2,1-3H3,(H,18,19,20). The van der Waals surface area contributed by atoms with E-state index in [1.54, 1.807) is 31.3 Å². The summed E-state index contributed by atoms with van der Waals surface area (Å²) >= 11 is 0. The Morgan fingerprint density at radius 3 is 2.91 bits per heavy atom. The summed E-state index contributed by atoms with van der Waals surface area (Å²) in [6, 6.07) is 1.84. The van der Waals surface area contributed by atoms with Crippen molar-refractivity contribution in [2.75, 3.05) is 13.6 Å². The molecule has 3 aromatic heterocycles. The van der Waals surface area contributed by atoms with Crippen molar-refractivity contribution in [3.05, 3.63) is 42.0 Å². The van der Waals surface area contributed by atoms with Crippen molar-refractivity contribution in [1.82, 2.24) is 29.4 Å². The first-order valence-corrected chi connectivity index (χ1v) is 7.61. The molecule has 0 radical (unpaired) electrons. The lowest BCUT2D eigenvalue weighted by atomic mass is 10.2. The number of imidazole rings is 1. The summed E-state index contributed by atoms with van der Waals surface area (Å²) in [6.07, 6.45) is 6.38. The molecule has 3 rings (SSSR count). The van der Waals surface area contributed by atoms with Crippen LogP contribution in [0.5, 0.6) is 0 Å². The van der Waals surface area contributed by atoms with E-state index in [2.05, 4.69) is 24.5 Å². The van der Waals surface area contributed by atoms with Crippen LogP contribution in [0.1, 0.15) is 28.6 Å². The Hall–Kier alpha value is -2.70. The van der Waals surface area contributed by atoms with Crippen LogP contribution in [0.15, 0.2) is 24.7 Å². The van der Waals surface area contributed by atoms with Gasteiger partial charge in [0.1, 0.15) is 23.0 Å². The Morgan fingerprint density at radius 2 is 2.17 bits per heavy atom. The fourth-order valence-corrected chi connectivity index (χ4v) is 2.62. The summed E-state index contributed by atoms with van der Waals surface area (Å²) < 4.78 is 2.08. The largest absolute Gasteiger partial charge is 0.346 e. The molecular weight excluding hydrogens is 292 g/mol. The number of carbonyl (C=O) groups excluding carboxylic acids is 1. The van der Waals surface area contributed by atoms with Crippen molar-refractivity contribution in [2.24, 2.45) is 0 Å². The van der Waals surface area contributed by atoms with Crippen molar-refractivity contribution in [3.8, 4) is 0 Å². The van der Waals surface area contributed by atoms with Crippen LogP contribution in [0, 0.1) is 13.8 Å². The molecule has 0 aliphatic rings. The minimum absolute atomic E-state index is 0.0811. The summed E-state index contributed by atoms with van der Waals surface area (Å²) in [5.41, 5.74) is 1.15. The lowest BCUT2D eigenvalue weighted by Crippen LogP contribution is -2.29. The Kier molecular flexibility index (Phi) is 4.10. The van der Waals surface area contributed by atoms with Gasteiger partial charge in [0.15, 0.2) is 0 Å². The maximum absolute atomic E-state index is 12.7. The van der Waals surface area contributed by atoms with E-state index in [1.165, 1.54) is 0 Å². The summed E-state index contributed by atoms with van der Waals surface area (Å²) in [6.45, 7) is 5.26. The van der Waals surface area contributed by atoms with Crippen molar-refractivity contribution >= 4 is 16.9 Å². The van der Waals surface area contributed by atoms with E-state index in [-0.39, 0.29) is 5.91 Å². The number of hydrogen-bond acceptors (Lipinski definition) is 4. The van der Waals surface area contributed by atoms with Gasteiger partial charge in [-0.15, -0.1) is 0 Å². The molecule has 7 nitrogen and oxygen atoms in total. The van der Waals surface area contributed by atoms with E-state index in [1.807, 2.05) is 19.2 Å². The van der Waals surface area contributed by atoms with Gasteiger partial charge in [0.2, 0.25) is 0 Å². The first-order valence-electron chi connectivity index (χ1n) is 7.61. The van der Waals surface area contributed by atoms with E-state index in [0.29, 0.717) is 23.7 Å². The molecule has 0 saturated heterocycles. The molecule has 0 spiro atoms. The minimum atomic E-state index is -0.0811. The number of nitrogens with zero attached hydrogens (tertiary/aromatic N) is 5. The van der Waals surface area contributed by atoms with Crippen LogP contribution in [0.4, 0.5) is 0 Å². The summed E-state index contributed by atoms with van der Waals surface area (Å²) in [4.78, 5) is 30.2. The van der Waals surface area contributed by atoms with Gasteiger partial charge in [-0.05, 0) is 26.3 Å². The van der Waals surface area contributed by atoms with E-state index < -0.39 is 0 Å². The second-order valence-corrected chi connectivity index (χ2v) is 5.61. The van der Waals surface area contributed by atoms with Crippen molar-refractivity contribution < 1.29 is 4.79 Å². The lowest BCUT2D eigenvalue weighted by Gasteiger charge is -2.17. The Morgan fingerprint density at radius 1 is 1.35 bits per heavy atom. The minimum Gasteiger partial charge on any atom is -0.346 e. The molecule has 0 aliphatic carbocycles. The highest BCUT2D eigenvalue weighted by Gasteiger charge is 2.18. The number of carbonyl (C=O) groups is 1. The van der Waals surface area contributed by atoms with Crippen LogP contribution in [0.25, 0.3) is 11.0 Å². The first kappa shape index (κ1) is 15.2. The number of nitrogens with one attached hydrogen (secondary N) is 1. The molecule has 120 valence electrons. The van der Waals surface area contributed by atoms with Gasteiger partial charge in [0.25, 0.3) is 5.91 Å². The number of fused-ring (bicyclic) bond motifs is 1. The highest BCUT2D eigenvalue weighted by Crippen LogP contribution is 2.16. The zero-order valence-electron chi connectivity index (χ0n) is 13.6. The van der Waals surface area contributed by atoms with E-state index in [9.17, 15) is 4.79 Å². The number of aromatic amines is 1. The Labute approximate surface area is 134 Å². The SMILES string of the molecule is Cc1nc(C(=O)N(C)CCCn2ccnc2C)c2cc[nH]c2n1. The number of aryl methyl sites for hydroxylation is 3. The molecule has 0 aromatic carbocycles. The summed E-state index contributed by atoms with van der Waals surface area (Å²) in [5, 5.41) is 0.762. The molecule has 0 bridgehead atoms.